The lowest BCUT2D eigenvalue weighted by atomic mass is 9.85. The number of hydrogen-bond donors (Lipinski definition) is 3. The average molecular weight is 336 g/mol. The van der Waals surface area contributed by atoms with Gasteiger partial charge >= 0.3 is 0 Å². The summed E-state index contributed by atoms with van der Waals surface area (Å²) in [6.07, 6.45) is 6.61. The number of anilines is 1. The van der Waals surface area contributed by atoms with E-state index in [1.54, 1.807) is 0 Å². The van der Waals surface area contributed by atoms with Gasteiger partial charge in [0.1, 0.15) is 0 Å². The van der Waals surface area contributed by atoms with E-state index in [4.69, 9.17) is 0 Å². The zero-order valence-corrected chi connectivity index (χ0v) is 14.3. The van der Waals surface area contributed by atoms with E-state index in [9.17, 15) is 14.7 Å². The molecule has 3 rings (SSSR count). The number of aliphatic hydroxyl groups is 1. The van der Waals surface area contributed by atoms with Gasteiger partial charge in [0.15, 0.2) is 0 Å². The number of hydrogen-bond acceptors (Lipinski definition) is 4. The van der Waals surface area contributed by atoms with Crippen LogP contribution in [0, 0.1) is 12.8 Å². The summed E-state index contributed by atoms with van der Waals surface area (Å²) in [5.41, 5.74) is 0.0940. The Balaban J connectivity index is 1.58. The van der Waals surface area contributed by atoms with Gasteiger partial charge in [0.05, 0.1) is 15.5 Å². The van der Waals surface area contributed by atoms with Crippen molar-refractivity contribution in [3.63, 3.8) is 0 Å². The van der Waals surface area contributed by atoms with E-state index < -0.39 is 5.60 Å². The number of amides is 2. The molecule has 126 valence electrons. The van der Waals surface area contributed by atoms with Crippen molar-refractivity contribution < 1.29 is 14.7 Å². The maximum Gasteiger partial charge on any atom is 0.261 e. The first-order valence-electron chi connectivity index (χ1n) is 8.39. The highest BCUT2D eigenvalue weighted by atomic mass is 32.1. The van der Waals surface area contributed by atoms with Crippen molar-refractivity contribution >= 4 is 28.2 Å². The molecular formula is C17H24N2O3S. The normalized spacial score (nSPS) is 20.1. The third-order valence-electron chi connectivity index (χ3n) is 4.68. The highest BCUT2D eigenvalue weighted by molar-refractivity contribution is 7.18. The molecule has 1 heterocycles. The molecule has 0 saturated heterocycles. The third-order valence-corrected chi connectivity index (χ3v) is 5.83. The minimum Gasteiger partial charge on any atom is -0.388 e. The molecule has 2 fully saturated rings. The van der Waals surface area contributed by atoms with Gasteiger partial charge in [-0.2, -0.15) is 0 Å². The van der Waals surface area contributed by atoms with Gasteiger partial charge in [-0.1, -0.05) is 19.3 Å². The molecule has 6 heteroatoms. The molecule has 2 aliphatic rings. The van der Waals surface area contributed by atoms with E-state index in [-0.39, 0.29) is 17.7 Å². The molecule has 3 N–H and O–H groups in total. The van der Waals surface area contributed by atoms with Crippen LogP contribution in [0.5, 0.6) is 0 Å². The number of aryl methyl sites for hydroxylation is 1. The Kier molecular flexibility index (Phi) is 4.73. The van der Waals surface area contributed by atoms with Gasteiger partial charge < -0.3 is 15.7 Å². The quantitative estimate of drug-likeness (QED) is 0.773. The molecule has 0 aromatic carbocycles. The molecule has 2 saturated carbocycles. The van der Waals surface area contributed by atoms with Gasteiger partial charge in [0.2, 0.25) is 5.91 Å². The summed E-state index contributed by atoms with van der Waals surface area (Å²) in [4.78, 5) is 24.8. The second kappa shape index (κ2) is 6.61. The van der Waals surface area contributed by atoms with Gasteiger partial charge in [0, 0.05) is 12.5 Å². The predicted molar refractivity (Wildman–Crippen MR) is 90.8 cm³/mol. The molecule has 23 heavy (non-hydrogen) atoms. The summed E-state index contributed by atoms with van der Waals surface area (Å²) in [5.74, 6) is 0.0309. The van der Waals surface area contributed by atoms with E-state index in [1.807, 2.05) is 13.0 Å². The lowest BCUT2D eigenvalue weighted by Crippen LogP contribution is -2.44. The molecule has 0 bridgehead atoms. The minimum atomic E-state index is -0.762. The monoisotopic (exact) mass is 336 g/mol. The summed E-state index contributed by atoms with van der Waals surface area (Å²) >= 11 is 1.30. The smallest absolute Gasteiger partial charge is 0.261 e. The van der Waals surface area contributed by atoms with Crippen molar-refractivity contribution in [3.05, 3.63) is 16.5 Å². The summed E-state index contributed by atoms with van der Waals surface area (Å²) in [7, 11) is 0. The fourth-order valence-corrected chi connectivity index (χ4v) is 4.04. The van der Waals surface area contributed by atoms with Crippen LogP contribution in [0.4, 0.5) is 5.00 Å². The fraction of sp³-hybridized carbons (Fsp3) is 0.647. The largest absolute Gasteiger partial charge is 0.388 e. The highest BCUT2D eigenvalue weighted by Gasteiger charge is 2.31. The van der Waals surface area contributed by atoms with Crippen molar-refractivity contribution in [3.8, 4) is 0 Å². The van der Waals surface area contributed by atoms with Gasteiger partial charge in [-0.25, -0.2) is 0 Å². The number of carbonyl (C=O) groups excluding carboxylic acids is 2. The number of carbonyl (C=O) groups is 2. The van der Waals surface area contributed by atoms with Crippen molar-refractivity contribution in [1.29, 1.82) is 0 Å². The van der Waals surface area contributed by atoms with Gasteiger partial charge in [-0.05, 0) is 44.2 Å². The Labute approximate surface area is 140 Å². The van der Waals surface area contributed by atoms with Crippen LogP contribution in [0.2, 0.25) is 0 Å². The Morgan fingerprint density at radius 2 is 2.00 bits per heavy atom. The van der Waals surface area contributed by atoms with Crippen LogP contribution < -0.4 is 10.6 Å². The molecule has 0 spiro atoms. The molecule has 1 aromatic heterocycles. The highest BCUT2D eigenvalue weighted by Crippen LogP contribution is 2.33. The molecule has 0 unspecified atom stereocenters. The zero-order valence-electron chi connectivity index (χ0n) is 13.5. The first-order valence-corrected chi connectivity index (χ1v) is 9.20. The minimum absolute atomic E-state index is 0.0507. The second-order valence-electron chi connectivity index (χ2n) is 6.85. The van der Waals surface area contributed by atoms with Crippen LogP contribution >= 0.6 is 11.3 Å². The van der Waals surface area contributed by atoms with Crippen LogP contribution in [0.15, 0.2) is 6.07 Å². The number of rotatable bonds is 5. The summed E-state index contributed by atoms with van der Waals surface area (Å²) in [5, 5.41) is 16.9. The molecule has 0 aliphatic heterocycles. The van der Waals surface area contributed by atoms with E-state index >= 15 is 0 Å². The standard InChI is InChI=1S/C17H24N2O3S/c1-11-9-13(19-15(20)12-5-6-12)23-14(11)16(21)18-10-17(22)7-3-2-4-8-17/h9,12,22H,2-8,10H2,1H3,(H,18,21)(H,19,20). The second-order valence-corrected chi connectivity index (χ2v) is 7.91. The maximum atomic E-state index is 12.4. The van der Waals surface area contributed by atoms with Gasteiger partial charge in [0.25, 0.3) is 5.91 Å². The van der Waals surface area contributed by atoms with Gasteiger partial charge in [-0.3, -0.25) is 9.59 Å². The maximum absolute atomic E-state index is 12.4. The lowest BCUT2D eigenvalue weighted by molar-refractivity contribution is -0.117. The first-order chi connectivity index (χ1) is 11.0. The predicted octanol–water partition coefficient (Wildman–Crippen LogP) is 2.83. The first kappa shape index (κ1) is 16.5. The number of thiophene rings is 1. The molecule has 0 radical (unpaired) electrons. The zero-order chi connectivity index (χ0) is 16.4. The molecule has 1 aromatic rings. The van der Waals surface area contributed by atoms with E-state index in [2.05, 4.69) is 10.6 Å². The van der Waals surface area contributed by atoms with Crippen LogP contribution in [0.25, 0.3) is 0 Å². The SMILES string of the molecule is Cc1cc(NC(=O)C2CC2)sc1C(=O)NCC1(O)CCCCC1. The Morgan fingerprint density at radius 3 is 2.65 bits per heavy atom. The van der Waals surface area contributed by atoms with Crippen molar-refractivity contribution in [2.75, 3.05) is 11.9 Å². The summed E-state index contributed by atoms with van der Waals surface area (Å²) < 4.78 is 0. The van der Waals surface area contributed by atoms with E-state index in [0.717, 1.165) is 55.5 Å². The van der Waals surface area contributed by atoms with Crippen LogP contribution in [0.3, 0.4) is 0 Å². The topological polar surface area (TPSA) is 78.4 Å². The number of nitrogens with one attached hydrogen (secondary N) is 2. The lowest BCUT2D eigenvalue weighted by Gasteiger charge is -2.32. The molecular weight excluding hydrogens is 312 g/mol. The van der Waals surface area contributed by atoms with Crippen LogP contribution in [-0.4, -0.2) is 29.1 Å². The van der Waals surface area contributed by atoms with E-state index in [1.165, 1.54) is 11.3 Å². The molecule has 2 aliphatic carbocycles. The Morgan fingerprint density at radius 1 is 1.30 bits per heavy atom. The molecule has 2 amide bonds. The summed E-state index contributed by atoms with van der Waals surface area (Å²) in [6.45, 7) is 2.17. The fourth-order valence-electron chi connectivity index (χ4n) is 3.05. The summed E-state index contributed by atoms with van der Waals surface area (Å²) in [6, 6.07) is 1.84. The third kappa shape index (κ3) is 4.12. The van der Waals surface area contributed by atoms with Crippen molar-refractivity contribution in [2.45, 2.75) is 57.5 Å². The molecule has 0 atom stereocenters. The van der Waals surface area contributed by atoms with Crippen molar-refractivity contribution in [1.82, 2.24) is 5.32 Å². The Bertz CT molecular complexity index is 601. The average Bonchev–Trinajstić information content (AvgIpc) is 3.30. The molecule has 5 nitrogen and oxygen atoms in total. The Hall–Kier alpha value is -1.40. The van der Waals surface area contributed by atoms with Gasteiger partial charge in [-0.15, -0.1) is 11.3 Å². The van der Waals surface area contributed by atoms with E-state index in [0.29, 0.717) is 11.4 Å². The van der Waals surface area contributed by atoms with Crippen LogP contribution in [-0.2, 0) is 4.79 Å². The van der Waals surface area contributed by atoms with Crippen molar-refractivity contribution in [2.24, 2.45) is 5.92 Å². The van der Waals surface area contributed by atoms with Crippen LogP contribution in [0.1, 0.15) is 60.2 Å².